The van der Waals surface area contributed by atoms with Crippen LogP contribution < -0.4 is 5.32 Å². The largest absolute Gasteiger partial charge is 0.481 e. The van der Waals surface area contributed by atoms with E-state index in [-0.39, 0.29) is 23.7 Å². The fourth-order valence-electron chi connectivity index (χ4n) is 5.19. The van der Waals surface area contributed by atoms with Crippen molar-refractivity contribution in [3.63, 3.8) is 0 Å². The normalized spacial score (nSPS) is 28.2. The first-order valence-corrected chi connectivity index (χ1v) is 10.7. The van der Waals surface area contributed by atoms with Crippen LogP contribution in [0.3, 0.4) is 0 Å². The second kappa shape index (κ2) is 7.26. The van der Waals surface area contributed by atoms with Crippen LogP contribution in [0.25, 0.3) is 0 Å². The Bertz CT molecular complexity index is 786. The van der Waals surface area contributed by atoms with Crippen LogP contribution in [0.15, 0.2) is 0 Å². The summed E-state index contributed by atoms with van der Waals surface area (Å²) in [6, 6.07) is 0. The fourth-order valence-corrected chi connectivity index (χ4v) is 6.47. The summed E-state index contributed by atoms with van der Waals surface area (Å²) in [5.41, 5.74) is 1.49. The summed E-state index contributed by atoms with van der Waals surface area (Å²) in [7, 11) is 0. The molecule has 2 bridgehead atoms. The molecule has 3 aliphatic rings. The molecule has 2 N–H and O–H groups in total. The lowest BCUT2D eigenvalue weighted by Crippen LogP contribution is -2.38. The Balaban J connectivity index is 1.58. The third kappa shape index (κ3) is 3.16. The number of hydrogen-bond acceptors (Lipinski definition) is 5. The first-order chi connectivity index (χ1) is 13.0. The third-order valence-electron chi connectivity index (χ3n) is 6.30. The zero-order valence-corrected chi connectivity index (χ0v) is 16.3. The number of thiophene rings is 1. The molecule has 0 aliphatic heterocycles. The standard InChI is InChI=1S/C20H25NO5S/c1-2-8-26-20(25)16-12-4-3-5-13(12)27-18(16)21-17(22)14-10-6-7-11(9-10)15(14)19(23)24/h10-11,14-15H,2-9H2,1H3,(H,21,22)(H,23,24). The Morgan fingerprint density at radius 3 is 2.63 bits per heavy atom. The highest BCUT2D eigenvalue weighted by molar-refractivity contribution is 7.17. The Morgan fingerprint density at radius 1 is 1.19 bits per heavy atom. The lowest BCUT2D eigenvalue weighted by molar-refractivity contribution is -0.148. The second-order valence-electron chi connectivity index (χ2n) is 7.91. The smallest absolute Gasteiger partial charge is 0.341 e. The molecule has 6 nitrogen and oxygen atoms in total. The van der Waals surface area contributed by atoms with Gasteiger partial charge in [0.25, 0.3) is 0 Å². The number of carboxylic acids is 1. The number of anilines is 1. The average Bonchev–Trinajstić information content (AvgIpc) is 3.38. The van der Waals surface area contributed by atoms with Gasteiger partial charge in [0.2, 0.25) is 5.91 Å². The highest BCUT2D eigenvalue weighted by Gasteiger charge is 2.54. The van der Waals surface area contributed by atoms with Crippen LogP contribution in [-0.2, 0) is 27.2 Å². The fraction of sp³-hybridized carbons (Fsp3) is 0.650. The highest BCUT2D eigenvalue weighted by Crippen LogP contribution is 2.53. The summed E-state index contributed by atoms with van der Waals surface area (Å²) in [6.45, 7) is 2.29. The number of hydrogen-bond donors (Lipinski definition) is 2. The van der Waals surface area contributed by atoms with Gasteiger partial charge in [-0.1, -0.05) is 6.92 Å². The first kappa shape index (κ1) is 18.5. The van der Waals surface area contributed by atoms with Crippen molar-refractivity contribution in [2.45, 2.75) is 51.9 Å². The molecule has 2 saturated carbocycles. The Hall–Kier alpha value is -1.89. The number of carbonyl (C=O) groups is 3. The summed E-state index contributed by atoms with van der Waals surface area (Å²) < 4.78 is 5.34. The molecule has 27 heavy (non-hydrogen) atoms. The molecule has 146 valence electrons. The Morgan fingerprint density at radius 2 is 1.93 bits per heavy atom. The number of amides is 1. The van der Waals surface area contributed by atoms with Gasteiger partial charge in [0.1, 0.15) is 5.00 Å². The van der Waals surface area contributed by atoms with E-state index >= 15 is 0 Å². The number of aliphatic carboxylic acids is 1. The zero-order valence-electron chi connectivity index (χ0n) is 15.5. The van der Waals surface area contributed by atoms with E-state index in [2.05, 4.69) is 5.32 Å². The van der Waals surface area contributed by atoms with Crippen molar-refractivity contribution in [3.05, 3.63) is 16.0 Å². The van der Waals surface area contributed by atoms with Crippen molar-refractivity contribution in [1.29, 1.82) is 0 Å². The predicted molar refractivity (Wildman–Crippen MR) is 101 cm³/mol. The van der Waals surface area contributed by atoms with E-state index in [0.717, 1.165) is 55.4 Å². The minimum absolute atomic E-state index is 0.102. The number of ether oxygens (including phenoxy) is 1. The van der Waals surface area contributed by atoms with E-state index in [1.165, 1.54) is 11.3 Å². The Labute approximate surface area is 162 Å². The highest BCUT2D eigenvalue weighted by atomic mass is 32.1. The SMILES string of the molecule is CCCOC(=O)c1c(NC(=O)C2C3CCC(C3)C2C(=O)O)sc2c1CCC2. The molecule has 7 heteroatoms. The molecule has 4 unspecified atom stereocenters. The monoisotopic (exact) mass is 391 g/mol. The summed E-state index contributed by atoms with van der Waals surface area (Å²) in [5, 5.41) is 13.1. The van der Waals surface area contributed by atoms with Crippen LogP contribution in [-0.4, -0.2) is 29.6 Å². The number of esters is 1. The van der Waals surface area contributed by atoms with E-state index in [1.807, 2.05) is 6.92 Å². The van der Waals surface area contributed by atoms with Crippen LogP contribution in [0.2, 0.25) is 0 Å². The van der Waals surface area contributed by atoms with Gasteiger partial charge in [-0.15, -0.1) is 11.3 Å². The molecule has 1 aromatic rings. The minimum Gasteiger partial charge on any atom is -0.481 e. The van der Waals surface area contributed by atoms with Gasteiger partial charge in [-0.3, -0.25) is 9.59 Å². The van der Waals surface area contributed by atoms with Crippen LogP contribution >= 0.6 is 11.3 Å². The molecular formula is C20H25NO5S. The average molecular weight is 391 g/mol. The van der Waals surface area contributed by atoms with Gasteiger partial charge < -0.3 is 15.2 Å². The van der Waals surface area contributed by atoms with Gasteiger partial charge in [-0.25, -0.2) is 4.79 Å². The van der Waals surface area contributed by atoms with Gasteiger partial charge in [0, 0.05) is 4.88 Å². The number of aryl methyl sites for hydroxylation is 1. The predicted octanol–water partition coefficient (Wildman–Crippen LogP) is 3.49. The van der Waals surface area contributed by atoms with Crippen molar-refractivity contribution in [3.8, 4) is 0 Å². The molecule has 0 spiro atoms. The van der Waals surface area contributed by atoms with Crippen molar-refractivity contribution in [1.82, 2.24) is 0 Å². The lowest BCUT2D eigenvalue weighted by Gasteiger charge is -2.27. The van der Waals surface area contributed by atoms with Crippen molar-refractivity contribution < 1.29 is 24.2 Å². The molecular weight excluding hydrogens is 366 g/mol. The molecule has 1 heterocycles. The van der Waals surface area contributed by atoms with Crippen molar-refractivity contribution in [2.75, 3.05) is 11.9 Å². The van der Waals surface area contributed by atoms with Gasteiger partial charge in [0.05, 0.1) is 24.0 Å². The number of rotatable bonds is 6. The van der Waals surface area contributed by atoms with E-state index < -0.39 is 17.8 Å². The van der Waals surface area contributed by atoms with E-state index in [9.17, 15) is 19.5 Å². The molecule has 4 atom stereocenters. The van der Waals surface area contributed by atoms with Crippen LogP contribution in [0, 0.1) is 23.7 Å². The molecule has 0 aromatic carbocycles. The topological polar surface area (TPSA) is 92.7 Å². The quantitative estimate of drug-likeness (QED) is 0.724. The third-order valence-corrected chi connectivity index (χ3v) is 7.51. The molecule has 1 amide bonds. The summed E-state index contributed by atoms with van der Waals surface area (Å²) in [5.74, 6) is -2.38. The van der Waals surface area contributed by atoms with E-state index in [4.69, 9.17) is 4.74 Å². The lowest BCUT2D eigenvalue weighted by atomic mass is 9.79. The summed E-state index contributed by atoms with van der Waals surface area (Å²) >= 11 is 1.45. The molecule has 2 fully saturated rings. The van der Waals surface area contributed by atoms with Crippen LogP contribution in [0.1, 0.15) is 59.8 Å². The van der Waals surface area contributed by atoms with Gasteiger partial charge in [-0.2, -0.15) is 0 Å². The van der Waals surface area contributed by atoms with Gasteiger partial charge >= 0.3 is 11.9 Å². The van der Waals surface area contributed by atoms with Gasteiger partial charge in [0.15, 0.2) is 0 Å². The molecule has 1 aromatic heterocycles. The van der Waals surface area contributed by atoms with Crippen molar-refractivity contribution in [2.24, 2.45) is 23.7 Å². The van der Waals surface area contributed by atoms with Crippen molar-refractivity contribution >= 4 is 34.2 Å². The first-order valence-electron chi connectivity index (χ1n) is 9.86. The summed E-state index contributed by atoms with van der Waals surface area (Å²) in [6.07, 6.45) is 6.12. The number of carboxylic acid groups (broad SMARTS) is 1. The molecule has 0 saturated heterocycles. The Kier molecular flexibility index (Phi) is 4.97. The van der Waals surface area contributed by atoms with Crippen LogP contribution in [0.5, 0.6) is 0 Å². The number of carbonyl (C=O) groups excluding carboxylic acids is 2. The maximum atomic E-state index is 13.0. The van der Waals surface area contributed by atoms with Crippen LogP contribution in [0.4, 0.5) is 5.00 Å². The molecule has 0 radical (unpaired) electrons. The molecule has 4 rings (SSSR count). The zero-order chi connectivity index (χ0) is 19.1. The maximum absolute atomic E-state index is 13.0. The minimum atomic E-state index is -0.876. The van der Waals surface area contributed by atoms with E-state index in [0.29, 0.717) is 17.2 Å². The maximum Gasteiger partial charge on any atom is 0.341 e. The number of fused-ring (bicyclic) bond motifs is 3. The van der Waals surface area contributed by atoms with Gasteiger partial charge in [-0.05, 0) is 62.3 Å². The number of nitrogens with one attached hydrogen (secondary N) is 1. The van der Waals surface area contributed by atoms with E-state index in [1.54, 1.807) is 0 Å². The second-order valence-corrected chi connectivity index (χ2v) is 9.01. The molecule has 3 aliphatic carbocycles. The summed E-state index contributed by atoms with van der Waals surface area (Å²) in [4.78, 5) is 38.5.